The van der Waals surface area contributed by atoms with Crippen LogP contribution in [-0.2, 0) is 24.7 Å². The summed E-state index contributed by atoms with van der Waals surface area (Å²) in [4.78, 5) is 12.7. The number of amides is 1. The van der Waals surface area contributed by atoms with E-state index in [-0.39, 0.29) is 37.2 Å². The average Bonchev–Trinajstić information content (AvgIpc) is 3.05. The minimum atomic E-state index is -4.09. The predicted octanol–water partition coefficient (Wildman–Crippen LogP) is 3.96. The molecule has 0 saturated carbocycles. The molecule has 0 unspecified atom stereocenters. The summed E-state index contributed by atoms with van der Waals surface area (Å²) in [5.74, 6) is -0.457. The fourth-order valence-corrected chi connectivity index (χ4v) is 6.50. The van der Waals surface area contributed by atoms with Crippen LogP contribution in [0.2, 0.25) is 5.02 Å². The zero-order chi connectivity index (χ0) is 27.4. The molecule has 1 heterocycles. The van der Waals surface area contributed by atoms with Crippen LogP contribution in [0, 0.1) is 0 Å². The third-order valence-corrected chi connectivity index (χ3v) is 9.02. The predicted molar refractivity (Wildman–Crippen MR) is 141 cm³/mol. The first-order valence-corrected chi connectivity index (χ1v) is 15.4. The molecule has 1 amide bonds. The first-order chi connectivity index (χ1) is 17.3. The smallest absolute Gasteiger partial charge is 0.258 e. The van der Waals surface area contributed by atoms with Gasteiger partial charge >= 0.3 is 0 Å². The molecule has 3 rings (SSSR count). The topological polar surface area (TPSA) is 110 Å². The highest BCUT2D eigenvalue weighted by molar-refractivity contribution is 7.93. The van der Waals surface area contributed by atoms with Crippen LogP contribution in [0.15, 0.2) is 58.8 Å². The number of carbonyl (C=O) groups is 1. The highest BCUT2D eigenvalue weighted by Crippen LogP contribution is 2.38. The number of halogens is 2. The number of sulfonamides is 1. The Kier molecular flexibility index (Phi) is 9.05. The van der Waals surface area contributed by atoms with Crippen LogP contribution in [0.3, 0.4) is 0 Å². The van der Waals surface area contributed by atoms with E-state index in [0.717, 1.165) is 11.7 Å². The van der Waals surface area contributed by atoms with Crippen molar-refractivity contribution in [1.82, 2.24) is 9.62 Å². The molecule has 12 heteroatoms. The maximum absolute atomic E-state index is 15.7. The Balaban J connectivity index is 1.86. The second-order valence-corrected chi connectivity index (χ2v) is 13.2. The molecule has 8 nitrogen and oxygen atoms in total. The van der Waals surface area contributed by atoms with Crippen LogP contribution >= 0.6 is 11.6 Å². The number of rotatable bonds is 8. The van der Waals surface area contributed by atoms with Gasteiger partial charge in [0, 0.05) is 53.4 Å². The minimum absolute atomic E-state index is 0.00301. The molecule has 0 radical (unpaired) electrons. The summed E-state index contributed by atoms with van der Waals surface area (Å²) < 4.78 is 72.2. The second-order valence-electron chi connectivity index (χ2n) is 8.99. The Morgan fingerprint density at radius 3 is 2.49 bits per heavy atom. The third-order valence-electron chi connectivity index (χ3n) is 6.09. The van der Waals surface area contributed by atoms with Crippen LogP contribution < -0.4 is 10.1 Å². The molecule has 202 valence electrons. The van der Waals surface area contributed by atoms with Gasteiger partial charge in [0.1, 0.15) is 5.75 Å². The van der Waals surface area contributed by atoms with Crippen LogP contribution in [0.5, 0.6) is 5.75 Å². The van der Waals surface area contributed by atoms with E-state index in [1.165, 1.54) is 36.5 Å². The van der Waals surface area contributed by atoms with Gasteiger partial charge in [-0.15, -0.1) is 0 Å². The Bertz CT molecular complexity index is 1400. The molecule has 0 aromatic heterocycles. The van der Waals surface area contributed by atoms with E-state index in [1.54, 1.807) is 30.3 Å². The molecular weight excluding hydrogens is 543 g/mol. The molecular formula is C25H30ClFN2O6S2. The molecule has 1 saturated heterocycles. The Labute approximate surface area is 222 Å². The number of nitrogens with zero attached hydrogens (tertiary/aromatic N) is 1. The monoisotopic (exact) mass is 572 g/mol. The van der Waals surface area contributed by atoms with Crippen molar-refractivity contribution in [3.8, 4) is 16.9 Å². The maximum atomic E-state index is 15.7. The SMILES string of the molecule is COc1ccc(S(=O)(=O)N2CCC[C@](F)(C(=O)N[C@H](C)/C=C\S(C)(=O)=O)CC2)c(-c2ccccc2Cl)c1. The molecule has 1 fully saturated rings. The molecule has 0 bridgehead atoms. The normalized spacial score (nSPS) is 20.4. The van der Waals surface area contributed by atoms with E-state index < -0.39 is 37.5 Å². The van der Waals surface area contributed by atoms with Crippen molar-refractivity contribution in [3.63, 3.8) is 0 Å². The van der Waals surface area contributed by atoms with Crippen molar-refractivity contribution < 1.29 is 30.8 Å². The molecule has 1 aliphatic rings. The van der Waals surface area contributed by atoms with E-state index in [4.69, 9.17) is 16.3 Å². The highest BCUT2D eigenvalue weighted by atomic mass is 35.5. The van der Waals surface area contributed by atoms with Crippen LogP contribution in [0.25, 0.3) is 11.1 Å². The number of alkyl halides is 1. The largest absolute Gasteiger partial charge is 0.497 e. The van der Waals surface area contributed by atoms with Gasteiger partial charge in [0.2, 0.25) is 10.0 Å². The van der Waals surface area contributed by atoms with Gasteiger partial charge in [-0.3, -0.25) is 4.79 Å². The zero-order valence-electron chi connectivity index (χ0n) is 20.8. The summed E-state index contributed by atoms with van der Waals surface area (Å²) in [6.07, 6.45) is 1.86. The van der Waals surface area contributed by atoms with Crippen molar-refractivity contribution in [1.29, 1.82) is 0 Å². The summed E-state index contributed by atoms with van der Waals surface area (Å²) in [7, 11) is -6.01. The first-order valence-electron chi connectivity index (χ1n) is 11.6. The Morgan fingerprint density at radius 1 is 1.14 bits per heavy atom. The number of nitrogens with one attached hydrogen (secondary N) is 1. The van der Waals surface area contributed by atoms with Crippen LogP contribution in [0.1, 0.15) is 26.2 Å². The van der Waals surface area contributed by atoms with Crippen LogP contribution in [0.4, 0.5) is 4.39 Å². The number of sulfone groups is 1. The minimum Gasteiger partial charge on any atom is -0.497 e. The van der Waals surface area contributed by atoms with E-state index in [0.29, 0.717) is 21.9 Å². The fourth-order valence-electron chi connectivity index (χ4n) is 4.08. The number of carbonyl (C=O) groups excluding carboxylic acids is 1. The third kappa shape index (κ3) is 7.10. The van der Waals surface area contributed by atoms with Gasteiger partial charge in [0.05, 0.1) is 12.0 Å². The zero-order valence-corrected chi connectivity index (χ0v) is 23.2. The maximum Gasteiger partial charge on any atom is 0.258 e. The standard InChI is InChI=1S/C25H30ClFN2O6S2/c1-18(11-16-36(3,31)32)28-24(30)25(27)12-6-14-29(15-13-25)37(33,34)23-10-9-19(35-2)17-21(23)20-7-4-5-8-22(20)26/h4-5,7-11,16-18H,6,12-15H2,1-3H3,(H,28,30)/b16-11-/t18-,25-/m1/s1. The van der Waals surface area contributed by atoms with E-state index in [2.05, 4.69) is 5.32 Å². The molecule has 0 aliphatic carbocycles. The molecule has 1 N–H and O–H groups in total. The fraction of sp³-hybridized carbons (Fsp3) is 0.400. The molecule has 37 heavy (non-hydrogen) atoms. The summed E-state index contributed by atoms with van der Waals surface area (Å²) in [6.45, 7) is 1.34. The lowest BCUT2D eigenvalue weighted by Gasteiger charge is -2.25. The van der Waals surface area contributed by atoms with Gasteiger partial charge in [-0.1, -0.05) is 35.9 Å². The molecule has 1 aliphatic heterocycles. The number of hydrogen-bond donors (Lipinski definition) is 1. The Morgan fingerprint density at radius 2 is 1.84 bits per heavy atom. The lowest BCUT2D eigenvalue weighted by Crippen LogP contribution is -2.47. The highest BCUT2D eigenvalue weighted by Gasteiger charge is 2.42. The van der Waals surface area contributed by atoms with E-state index in [9.17, 15) is 21.6 Å². The lowest BCUT2D eigenvalue weighted by molar-refractivity contribution is -0.134. The van der Waals surface area contributed by atoms with Gasteiger partial charge in [-0.25, -0.2) is 21.2 Å². The number of hydrogen-bond acceptors (Lipinski definition) is 6. The van der Waals surface area contributed by atoms with E-state index in [1.807, 2.05) is 0 Å². The van der Waals surface area contributed by atoms with Crippen molar-refractivity contribution >= 4 is 37.4 Å². The number of ether oxygens (including phenoxy) is 1. The van der Waals surface area contributed by atoms with Crippen LogP contribution in [-0.4, -0.2) is 65.2 Å². The molecule has 0 spiro atoms. The number of methoxy groups -OCH3 is 1. The van der Waals surface area contributed by atoms with Gasteiger partial charge in [0.15, 0.2) is 15.5 Å². The van der Waals surface area contributed by atoms with Gasteiger partial charge in [-0.2, -0.15) is 4.31 Å². The lowest BCUT2D eigenvalue weighted by atomic mass is 9.95. The van der Waals surface area contributed by atoms with Gasteiger partial charge < -0.3 is 10.1 Å². The summed E-state index contributed by atoms with van der Waals surface area (Å²) in [5, 5.41) is 3.77. The molecule has 2 aromatic rings. The second kappa shape index (κ2) is 11.5. The molecule has 2 atom stereocenters. The number of benzene rings is 2. The summed E-state index contributed by atoms with van der Waals surface area (Å²) >= 11 is 6.37. The average molecular weight is 573 g/mol. The van der Waals surface area contributed by atoms with Gasteiger partial charge in [-0.05, 0) is 44.0 Å². The Hall–Kier alpha value is -2.47. The van der Waals surface area contributed by atoms with E-state index >= 15 is 4.39 Å². The summed E-state index contributed by atoms with van der Waals surface area (Å²) in [6, 6.07) is 10.7. The first kappa shape index (κ1) is 29.1. The van der Waals surface area contributed by atoms with Crippen molar-refractivity contribution in [3.05, 3.63) is 59.0 Å². The van der Waals surface area contributed by atoms with Crippen molar-refractivity contribution in [2.24, 2.45) is 0 Å². The van der Waals surface area contributed by atoms with Gasteiger partial charge in [0.25, 0.3) is 5.91 Å². The summed E-state index contributed by atoms with van der Waals surface area (Å²) in [5.41, 5.74) is -1.44. The molecule has 2 aromatic carbocycles. The quantitative estimate of drug-likeness (QED) is 0.513. The van der Waals surface area contributed by atoms with Crippen molar-refractivity contribution in [2.75, 3.05) is 26.5 Å². The van der Waals surface area contributed by atoms with Crippen molar-refractivity contribution in [2.45, 2.75) is 42.8 Å².